The van der Waals surface area contributed by atoms with Crippen LogP contribution in [-0.2, 0) is 19.4 Å². The van der Waals surface area contributed by atoms with E-state index in [4.69, 9.17) is 4.98 Å². The third-order valence-electron chi connectivity index (χ3n) is 5.93. The summed E-state index contributed by atoms with van der Waals surface area (Å²) < 4.78 is 0. The van der Waals surface area contributed by atoms with Crippen LogP contribution in [0.25, 0.3) is 0 Å². The molecule has 1 aromatic heterocycles. The summed E-state index contributed by atoms with van der Waals surface area (Å²) in [6.45, 7) is 5.32. The first-order valence-corrected chi connectivity index (χ1v) is 10.1. The van der Waals surface area contributed by atoms with Crippen molar-refractivity contribution in [3.05, 3.63) is 47.3 Å². The van der Waals surface area contributed by atoms with E-state index in [1.54, 1.807) is 0 Å². The zero-order chi connectivity index (χ0) is 17.9. The summed E-state index contributed by atoms with van der Waals surface area (Å²) in [6.07, 6.45) is 6.76. The number of rotatable bonds is 6. The van der Waals surface area contributed by atoms with Crippen LogP contribution in [0.4, 0.5) is 5.95 Å². The SMILES string of the molecule is CCc1nnc(NC2CC3CCC(C2)N3Cc2ccccc2)nc1CC. The van der Waals surface area contributed by atoms with Crippen LogP contribution < -0.4 is 5.32 Å². The molecule has 5 heteroatoms. The largest absolute Gasteiger partial charge is 0.350 e. The van der Waals surface area contributed by atoms with Crippen molar-refractivity contribution in [1.82, 2.24) is 20.1 Å². The molecular formula is C21H29N5. The first-order valence-electron chi connectivity index (χ1n) is 10.1. The van der Waals surface area contributed by atoms with Crippen molar-refractivity contribution in [2.75, 3.05) is 5.32 Å². The second-order valence-corrected chi connectivity index (χ2v) is 7.59. The van der Waals surface area contributed by atoms with Gasteiger partial charge in [0.05, 0.1) is 11.4 Å². The maximum absolute atomic E-state index is 4.72. The zero-order valence-corrected chi connectivity index (χ0v) is 15.9. The number of aryl methyl sites for hydroxylation is 2. The summed E-state index contributed by atoms with van der Waals surface area (Å²) in [7, 11) is 0. The van der Waals surface area contributed by atoms with Crippen LogP contribution in [0.15, 0.2) is 30.3 Å². The molecule has 2 saturated heterocycles. The Labute approximate surface area is 156 Å². The Morgan fingerprint density at radius 2 is 1.65 bits per heavy atom. The predicted octanol–water partition coefficient (Wildman–Crippen LogP) is 3.60. The number of anilines is 1. The highest BCUT2D eigenvalue weighted by molar-refractivity contribution is 5.28. The van der Waals surface area contributed by atoms with Gasteiger partial charge in [0.1, 0.15) is 0 Å². The first kappa shape index (κ1) is 17.4. The summed E-state index contributed by atoms with van der Waals surface area (Å²) in [4.78, 5) is 7.43. The summed E-state index contributed by atoms with van der Waals surface area (Å²) in [5, 5.41) is 12.3. The van der Waals surface area contributed by atoms with Gasteiger partial charge in [0.25, 0.3) is 0 Å². The van der Waals surface area contributed by atoms with Gasteiger partial charge in [-0.3, -0.25) is 4.90 Å². The number of fused-ring (bicyclic) bond motifs is 2. The molecule has 3 heterocycles. The zero-order valence-electron chi connectivity index (χ0n) is 15.9. The van der Waals surface area contributed by atoms with E-state index in [1.165, 1.54) is 31.2 Å². The van der Waals surface area contributed by atoms with Crippen LogP contribution in [0.1, 0.15) is 56.5 Å². The number of nitrogens with zero attached hydrogens (tertiary/aromatic N) is 4. The van der Waals surface area contributed by atoms with Crippen molar-refractivity contribution in [3.8, 4) is 0 Å². The lowest BCUT2D eigenvalue weighted by Gasteiger charge is -2.39. The number of benzene rings is 1. The number of aromatic nitrogens is 3. The third-order valence-corrected chi connectivity index (χ3v) is 5.93. The van der Waals surface area contributed by atoms with Crippen molar-refractivity contribution in [2.24, 2.45) is 0 Å². The molecule has 2 unspecified atom stereocenters. The van der Waals surface area contributed by atoms with Crippen molar-refractivity contribution < 1.29 is 0 Å². The molecule has 138 valence electrons. The fraction of sp³-hybridized carbons (Fsp3) is 0.571. The molecule has 1 N–H and O–H groups in total. The van der Waals surface area contributed by atoms with Gasteiger partial charge < -0.3 is 5.32 Å². The van der Waals surface area contributed by atoms with Gasteiger partial charge in [-0.1, -0.05) is 44.2 Å². The van der Waals surface area contributed by atoms with Crippen molar-refractivity contribution in [3.63, 3.8) is 0 Å². The molecule has 2 aromatic rings. The lowest BCUT2D eigenvalue weighted by atomic mass is 9.96. The van der Waals surface area contributed by atoms with Gasteiger partial charge in [0.2, 0.25) is 5.95 Å². The summed E-state index contributed by atoms with van der Waals surface area (Å²) in [5.41, 5.74) is 3.52. The predicted molar refractivity (Wildman–Crippen MR) is 104 cm³/mol. The van der Waals surface area contributed by atoms with E-state index in [9.17, 15) is 0 Å². The molecule has 2 aliphatic heterocycles. The quantitative estimate of drug-likeness (QED) is 0.862. The van der Waals surface area contributed by atoms with Gasteiger partial charge in [-0.2, -0.15) is 5.10 Å². The second kappa shape index (κ2) is 7.70. The molecule has 0 spiro atoms. The molecular weight excluding hydrogens is 322 g/mol. The maximum Gasteiger partial charge on any atom is 0.243 e. The summed E-state index contributed by atoms with van der Waals surface area (Å²) >= 11 is 0. The standard InChI is InChI=1S/C21H29N5/c1-3-19-20(4-2)24-25-21(23-19)22-16-12-17-10-11-18(13-16)26(17)14-15-8-6-5-7-9-15/h5-9,16-18H,3-4,10-14H2,1-2H3,(H,22,23,25). The molecule has 0 amide bonds. The Kier molecular flexibility index (Phi) is 5.16. The van der Waals surface area contributed by atoms with E-state index in [2.05, 4.69) is 64.6 Å². The Morgan fingerprint density at radius 3 is 2.31 bits per heavy atom. The number of hydrogen-bond donors (Lipinski definition) is 1. The first-order chi connectivity index (χ1) is 12.8. The van der Waals surface area contributed by atoms with Gasteiger partial charge in [-0.05, 0) is 44.1 Å². The van der Waals surface area contributed by atoms with Gasteiger partial charge >= 0.3 is 0 Å². The summed E-state index contributed by atoms with van der Waals surface area (Å²) in [5.74, 6) is 0.708. The maximum atomic E-state index is 4.72. The molecule has 2 aliphatic rings. The molecule has 0 radical (unpaired) electrons. The monoisotopic (exact) mass is 351 g/mol. The van der Waals surface area contributed by atoms with Crippen LogP contribution in [0.5, 0.6) is 0 Å². The van der Waals surface area contributed by atoms with Crippen LogP contribution in [0.3, 0.4) is 0 Å². The van der Waals surface area contributed by atoms with Crippen LogP contribution in [0.2, 0.25) is 0 Å². The number of piperidine rings is 1. The van der Waals surface area contributed by atoms with E-state index in [-0.39, 0.29) is 0 Å². The third kappa shape index (κ3) is 3.58. The van der Waals surface area contributed by atoms with Gasteiger partial charge in [0.15, 0.2) is 0 Å². The van der Waals surface area contributed by atoms with Crippen molar-refractivity contribution in [1.29, 1.82) is 0 Å². The average Bonchev–Trinajstić information content (AvgIpc) is 2.90. The highest BCUT2D eigenvalue weighted by Gasteiger charge is 2.40. The lowest BCUT2D eigenvalue weighted by Crippen LogP contribution is -2.46. The minimum atomic E-state index is 0.457. The van der Waals surface area contributed by atoms with Crippen LogP contribution in [-0.4, -0.2) is 38.2 Å². The molecule has 26 heavy (non-hydrogen) atoms. The van der Waals surface area contributed by atoms with E-state index < -0.39 is 0 Å². The van der Waals surface area contributed by atoms with Gasteiger partial charge in [-0.25, -0.2) is 4.98 Å². The Bertz CT molecular complexity index is 718. The van der Waals surface area contributed by atoms with E-state index in [0.717, 1.165) is 30.8 Å². The van der Waals surface area contributed by atoms with Gasteiger partial charge in [-0.15, -0.1) is 5.10 Å². The highest BCUT2D eigenvalue weighted by Crippen LogP contribution is 2.37. The fourth-order valence-corrected chi connectivity index (χ4v) is 4.63. The topological polar surface area (TPSA) is 53.9 Å². The second-order valence-electron chi connectivity index (χ2n) is 7.59. The molecule has 5 nitrogen and oxygen atoms in total. The smallest absolute Gasteiger partial charge is 0.243 e. The van der Waals surface area contributed by atoms with E-state index >= 15 is 0 Å². The van der Waals surface area contributed by atoms with E-state index in [1.807, 2.05) is 0 Å². The van der Waals surface area contributed by atoms with Crippen molar-refractivity contribution in [2.45, 2.75) is 77.0 Å². The molecule has 2 fully saturated rings. The minimum absolute atomic E-state index is 0.457. The van der Waals surface area contributed by atoms with Crippen molar-refractivity contribution >= 4 is 5.95 Å². The molecule has 0 aliphatic carbocycles. The lowest BCUT2D eigenvalue weighted by molar-refractivity contribution is 0.124. The average molecular weight is 351 g/mol. The highest BCUT2D eigenvalue weighted by atomic mass is 15.3. The fourth-order valence-electron chi connectivity index (χ4n) is 4.63. The minimum Gasteiger partial charge on any atom is -0.350 e. The Hall–Kier alpha value is -2.01. The normalized spacial score (nSPS) is 25.4. The van der Waals surface area contributed by atoms with Gasteiger partial charge in [0, 0.05) is 24.7 Å². The van der Waals surface area contributed by atoms with E-state index in [0.29, 0.717) is 24.1 Å². The molecule has 4 rings (SSSR count). The molecule has 2 bridgehead atoms. The molecule has 2 atom stereocenters. The number of hydrogen-bond acceptors (Lipinski definition) is 5. The number of nitrogens with one attached hydrogen (secondary N) is 1. The Balaban J connectivity index is 1.41. The Morgan fingerprint density at radius 1 is 0.962 bits per heavy atom. The van der Waals surface area contributed by atoms with Crippen LogP contribution in [0, 0.1) is 0 Å². The van der Waals surface area contributed by atoms with Crippen LogP contribution >= 0.6 is 0 Å². The molecule has 1 aromatic carbocycles. The summed E-state index contributed by atoms with van der Waals surface area (Å²) in [6, 6.07) is 12.6. The molecule has 0 saturated carbocycles.